The SMILES string of the molecule is CC(NCC(C)(C)N1CCNCC1)C1CCOC1. The highest BCUT2D eigenvalue weighted by atomic mass is 16.5. The average Bonchev–Trinajstić information content (AvgIpc) is 2.91. The van der Waals surface area contributed by atoms with Crippen molar-refractivity contribution < 1.29 is 4.74 Å². The minimum absolute atomic E-state index is 0.246. The van der Waals surface area contributed by atoms with Gasteiger partial charge >= 0.3 is 0 Å². The second kappa shape index (κ2) is 6.33. The predicted molar refractivity (Wildman–Crippen MR) is 74.9 cm³/mol. The first-order chi connectivity index (χ1) is 8.59. The second-order valence-electron chi connectivity index (χ2n) is 6.34. The summed E-state index contributed by atoms with van der Waals surface area (Å²) in [7, 11) is 0. The van der Waals surface area contributed by atoms with E-state index in [4.69, 9.17) is 4.74 Å². The van der Waals surface area contributed by atoms with Gasteiger partial charge in [0.05, 0.1) is 6.61 Å². The van der Waals surface area contributed by atoms with E-state index < -0.39 is 0 Å². The summed E-state index contributed by atoms with van der Waals surface area (Å²) in [6, 6.07) is 0.565. The molecule has 4 nitrogen and oxygen atoms in total. The van der Waals surface area contributed by atoms with E-state index in [2.05, 4.69) is 36.3 Å². The van der Waals surface area contributed by atoms with Crippen molar-refractivity contribution in [1.29, 1.82) is 0 Å². The second-order valence-corrected chi connectivity index (χ2v) is 6.34. The molecule has 2 fully saturated rings. The maximum absolute atomic E-state index is 5.47. The monoisotopic (exact) mass is 255 g/mol. The van der Waals surface area contributed by atoms with Crippen LogP contribution < -0.4 is 10.6 Å². The number of hydrogen-bond donors (Lipinski definition) is 2. The number of rotatable bonds is 5. The summed E-state index contributed by atoms with van der Waals surface area (Å²) >= 11 is 0. The van der Waals surface area contributed by atoms with E-state index in [9.17, 15) is 0 Å². The first-order valence-electron chi connectivity index (χ1n) is 7.36. The maximum Gasteiger partial charge on any atom is 0.0509 e. The molecule has 18 heavy (non-hydrogen) atoms. The van der Waals surface area contributed by atoms with Gasteiger partial charge in [-0.25, -0.2) is 0 Å². The van der Waals surface area contributed by atoms with Crippen molar-refractivity contribution in [3.63, 3.8) is 0 Å². The van der Waals surface area contributed by atoms with Crippen molar-refractivity contribution in [3.8, 4) is 0 Å². The Morgan fingerprint density at radius 3 is 2.72 bits per heavy atom. The Labute approximate surface area is 111 Å². The van der Waals surface area contributed by atoms with E-state index in [1.165, 1.54) is 6.42 Å². The molecular formula is C14H29N3O. The summed E-state index contributed by atoms with van der Waals surface area (Å²) in [5.74, 6) is 0.698. The van der Waals surface area contributed by atoms with E-state index in [0.29, 0.717) is 12.0 Å². The summed E-state index contributed by atoms with van der Waals surface area (Å²) in [5, 5.41) is 7.14. The molecule has 2 saturated heterocycles. The largest absolute Gasteiger partial charge is 0.381 e. The minimum atomic E-state index is 0.246. The lowest BCUT2D eigenvalue weighted by atomic mass is 9.97. The zero-order valence-electron chi connectivity index (χ0n) is 12.2. The number of hydrogen-bond acceptors (Lipinski definition) is 4. The number of nitrogens with one attached hydrogen (secondary N) is 2. The molecule has 0 bridgehead atoms. The van der Waals surface area contributed by atoms with Crippen LogP contribution in [0, 0.1) is 5.92 Å². The zero-order chi connectivity index (χ0) is 13.0. The van der Waals surface area contributed by atoms with Crippen molar-refractivity contribution in [2.75, 3.05) is 45.9 Å². The van der Waals surface area contributed by atoms with Crippen LogP contribution in [-0.2, 0) is 4.74 Å². The van der Waals surface area contributed by atoms with Crippen LogP contribution >= 0.6 is 0 Å². The molecule has 2 heterocycles. The van der Waals surface area contributed by atoms with E-state index >= 15 is 0 Å². The van der Waals surface area contributed by atoms with E-state index in [0.717, 1.165) is 45.9 Å². The Morgan fingerprint density at radius 1 is 1.39 bits per heavy atom. The molecule has 2 N–H and O–H groups in total. The molecule has 0 saturated carbocycles. The van der Waals surface area contributed by atoms with Gasteiger partial charge in [0, 0.05) is 50.9 Å². The number of nitrogens with zero attached hydrogens (tertiary/aromatic N) is 1. The van der Waals surface area contributed by atoms with Crippen molar-refractivity contribution in [2.24, 2.45) is 5.92 Å². The molecule has 2 aliphatic rings. The van der Waals surface area contributed by atoms with Crippen LogP contribution in [0.5, 0.6) is 0 Å². The van der Waals surface area contributed by atoms with Gasteiger partial charge in [-0.3, -0.25) is 4.90 Å². The van der Waals surface area contributed by atoms with Crippen LogP contribution in [0.3, 0.4) is 0 Å². The molecule has 0 aromatic rings. The average molecular weight is 255 g/mol. The molecule has 0 amide bonds. The fourth-order valence-electron chi connectivity index (χ4n) is 2.91. The van der Waals surface area contributed by atoms with Gasteiger partial charge in [0.1, 0.15) is 0 Å². The summed E-state index contributed by atoms with van der Waals surface area (Å²) < 4.78 is 5.47. The normalized spacial score (nSPS) is 28.5. The Bertz CT molecular complexity index is 245. The molecule has 2 atom stereocenters. The summed E-state index contributed by atoms with van der Waals surface area (Å²) in [6.07, 6.45) is 1.21. The highest BCUT2D eigenvalue weighted by molar-refractivity contribution is 4.88. The first kappa shape index (κ1) is 14.3. The summed E-state index contributed by atoms with van der Waals surface area (Å²) in [4.78, 5) is 2.59. The molecular weight excluding hydrogens is 226 g/mol. The highest BCUT2D eigenvalue weighted by Gasteiger charge is 2.29. The van der Waals surface area contributed by atoms with Crippen molar-refractivity contribution in [2.45, 2.75) is 38.8 Å². The lowest BCUT2D eigenvalue weighted by Gasteiger charge is -2.42. The van der Waals surface area contributed by atoms with Crippen LogP contribution in [0.2, 0.25) is 0 Å². The van der Waals surface area contributed by atoms with Gasteiger partial charge in [0.2, 0.25) is 0 Å². The minimum Gasteiger partial charge on any atom is -0.381 e. The third kappa shape index (κ3) is 3.67. The fraction of sp³-hybridized carbons (Fsp3) is 1.00. The Balaban J connectivity index is 1.76. The van der Waals surface area contributed by atoms with Crippen LogP contribution in [0.1, 0.15) is 27.2 Å². The summed E-state index contributed by atoms with van der Waals surface area (Å²) in [5.41, 5.74) is 0.246. The van der Waals surface area contributed by atoms with Crippen LogP contribution in [0.4, 0.5) is 0 Å². The molecule has 0 aromatic carbocycles. The molecule has 2 unspecified atom stereocenters. The van der Waals surface area contributed by atoms with Gasteiger partial charge in [0.15, 0.2) is 0 Å². The first-order valence-corrected chi connectivity index (χ1v) is 7.36. The van der Waals surface area contributed by atoms with E-state index in [1.807, 2.05) is 0 Å². The third-order valence-electron chi connectivity index (χ3n) is 4.50. The van der Waals surface area contributed by atoms with Crippen molar-refractivity contribution in [3.05, 3.63) is 0 Å². The molecule has 0 aromatic heterocycles. The molecule has 2 rings (SSSR count). The van der Waals surface area contributed by atoms with Gasteiger partial charge in [0.25, 0.3) is 0 Å². The van der Waals surface area contributed by atoms with Crippen molar-refractivity contribution >= 4 is 0 Å². The predicted octanol–water partition coefficient (Wildman–Crippen LogP) is 0.685. The van der Waals surface area contributed by atoms with Crippen molar-refractivity contribution in [1.82, 2.24) is 15.5 Å². The van der Waals surface area contributed by atoms with Gasteiger partial charge < -0.3 is 15.4 Å². The Morgan fingerprint density at radius 2 is 2.11 bits per heavy atom. The van der Waals surface area contributed by atoms with Crippen LogP contribution in [0.25, 0.3) is 0 Å². The number of ether oxygens (including phenoxy) is 1. The summed E-state index contributed by atoms with van der Waals surface area (Å²) in [6.45, 7) is 14.5. The fourth-order valence-corrected chi connectivity index (χ4v) is 2.91. The molecule has 2 aliphatic heterocycles. The van der Waals surface area contributed by atoms with Crippen LogP contribution in [-0.4, -0.2) is 62.4 Å². The Hall–Kier alpha value is -0.160. The van der Waals surface area contributed by atoms with Gasteiger partial charge in [-0.2, -0.15) is 0 Å². The third-order valence-corrected chi connectivity index (χ3v) is 4.50. The quantitative estimate of drug-likeness (QED) is 0.758. The lowest BCUT2D eigenvalue weighted by Crippen LogP contribution is -2.58. The molecule has 0 aliphatic carbocycles. The molecule has 4 heteroatoms. The molecule has 106 valence electrons. The van der Waals surface area contributed by atoms with Gasteiger partial charge in [-0.1, -0.05) is 0 Å². The van der Waals surface area contributed by atoms with E-state index in [1.54, 1.807) is 0 Å². The standard InChI is InChI=1S/C14H29N3O/c1-12(13-4-9-18-10-13)16-11-14(2,3)17-7-5-15-6-8-17/h12-13,15-16H,4-11H2,1-3H3. The molecule has 0 spiro atoms. The molecule has 0 radical (unpaired) electrons. The van der Waals surface area contributed by atoms with E-state index in [-0.39, 0.29) is 5.54 Å². The van der Waals surface area contributed by atoms with Gasteiger partial charge in [-0.05, 0) is 33.1 Å². The number of piperazine rings is 1. The zero-order valence-corrected chi connectivity index (χ0v) is 12.2. The highest BCUT2D eigenvalue weighted by Crippen LogP contribution is 2.18. The topological polar surface area (TPSA) is 36.5 Å². The smallest absolute Gasteiger partial charge is 0.0509 e. The van der Waals surface area contributed by atoms with Crippen LogP contribution in [0.15, 0.2) is 0 Å². The van der Waals surface area contributed by atoms with Gasteiger partial charge in [-0.15, -0.1) is 0 Å². The lowest BCUT2D eigenvalue weighted by molar-refractivity contribution is 0.0964. The maximum atomic E-state index is 5.47. The Kier molecular flexibility index (Phi) is 5.01.